The first-order valence-electron chi connectivity index (χ1n) is 9.24. The van der Waals surface area contributed by atoms with E-state index in [0.717, 1.165) is 44.9 Å². The van der Waals surface area contributed by atoms with Crippen LogP contribution in [0.2, 0.25) is 0 Å². The molecule has 0 saturated carbocycles. The Morgan fingerprint density at radius 2 is 1.29 bits per heavy atom. The van der Waals surface area contributed by atoms with E-state index in [1.54, 1.807) is 0 Å². The number of alkyl halides is 2. The summed E-state index contributed by atoms with van der Waals surface area (Å²) in [6.07, 6.45) is 8.29. The number of halogens is 2. The average Bonchev–Trinajstić information content (AvgIpc) is 2.53. The monoisotopic (exact) mass is 384 g/mol. The van der Waals surface area contributed by atoms with Crippen molar-refractivity contribution in [1.82, 2.24) is 0 Å². The van der Waals surface area contributed by atoms with Gasteiger partial charge in [-0.15, -0.1) is 23.2 Å². The van der Waals surface area contributed by atoms with Gasteiger partial charge in [-0.05, 0) is 25.7 Å². The van der Waals surface area contributed by atoms with Gasteiger partial charge in [0.2, 0.25) is 0 Å². The molecule has 24 heavy (non-hydrogen) atoms. The van der Waals surface area contributed by atoms with Crippen LogP contribution in [0, 0.1) is 0 Å². The maximum atomic E-state index is 10.4. The molecule has 4 nitrogen and oxygen atoms in total. The van der Waals surface area contributed by atoms with Crippen molar-refractivity contribution in [3.05, 3.63) is 0 Å². The van der Waals surface area contributed by atoms with Crippen molar-refractivity contribution >= 4 is 29.2 Å². The zero-order chi connectivity index (χ0) is 18.4. The number of carboxylic acid groups (broad SMARTS) is 1. The molecule has 0 aliphatic heterocycles. The molecule has 0 spiro atoms. The van der Waals surface area contributed by atoms with Crippen molar-refractivity contribution in [1.29, 1.82) is 0 Å². The Morgan fingerprint density at radius 3 is 1.79 bits per heavy atom. The van der Waals surface area contributed by atoms with Gasteiger partial charge in [0.25, 0.3) is 0 Å². The van der Waals surface area contributed by atoms with Crippen LogP contribution in [0.4, 0.5) is 0 Å². The van der Waals surface area contributed by atoms with Crippen LogP contribution >= 0.6 is 23.2 Å². The van der Waals surface area contributed by atoms with E-state index < -0.39 is 28.9 Å². The second-order valence-electron chi connectivity index (χ2n) is 6.60. The number of hydrogen-bond donors (Lipinski definition) is 3. The standard InChI is InChI=1S/C18H34Cl2O4/c1-2-3-7-10-16(21)14(19)13-15(20)17(22)11-8-5-4-6-9-12-18(23)24/h14-17,21-22H,2-13H2,1H3,(H,23,24). The van der Waals surface area contributed by atoms with Gasteiger partial charge in [-0.3, -0.25) is 4.79 Å². The highest BCUT2D eigenvalue weighted by Crippen LogP contribution is 2.22. The van der Waals surface area contributed by atoms with Crippen molar-refractivity contribution in [2.75, 3.05) is 0 Å². The van der Waals surface area contributed by atoms with Gasteiger partial charge in [0.1, 0.15) is 0 Å². The minimum absolute atomic E-state index is 0.226. The van der Waals surface area contributed by atoms with Gasteiger partial charge < -0.3 is 15.3 Å². The third-order valence-corrected chi connectivity index (χ3v) is 5.22. The van der Waals surface area contributed by atoms with E-state index in [1.165, 1.54) is 0 Å². The van der Waals surface area contributed by atoms with Crippen LogP contribution in [0.25, 0.3) is 0 Å². The smallest absolute Gasteiger partial charge is 0.303 e. The van der Waals surface area contributed by atoms with E-state index in [-0.39, 0.29) is 6.42 Å². The lowest BCUT2D eigenvalue weighted by Crippen LogP contribution is -2.29. The highest BCUT2D eigenvalue weighted by molar-refractivity contribution is 6.24. The lowest BCUT2D eigenvalue weighted by atomic mass is 10.00. The number of rotatable bonds is 16. The van der Waals surface area contributed by atoms with Gasteiger partial charge in [-0.25, -0.2) is 0 Å². The first-order valence-corrected chi connectivity index (χ1v) is 10.1. The molecule has 3 N–H and O–H groups in total. The topological polar surface area (TPSA) is 77.8 Å². The summed E-state index contributed by atoms with van der Waals surface area (Å²) >= 11 is 12.4. The number of hydrogen-bond acceptors (Lipinski definition) is 3. The Morgan fingerprint density at radius 1 is 0.833 bits per heavy atom. The Hall–Kier alpha value is -0.0300. The predicted molar refractivity (Wildman–Crippen MR) is 100 cm³/mol. The molecule has 0 saturated heterocycles. The number of aliphatic carboxylic acids is 1. The lowest BCUT2D eigenvalue weighted by Gasteiger charge is -2.22. The largest absolute Gasteiger partial charge is 0.481 e. The summed E-state index contributed by atoms with van der Waals surface area (Å²) in [5.74, 6) is -0.747. The number of carbonyl (C=O) groups is 1. The Bertz CT molecular complexity index is 315. The summed E-state index contributed by atoms with van der Waals surface area (Å²) in [5, 5.41) is 27.8. The van der Waals surface area contributed by atoms with Gasteiger partial charge >= 0.3 is 5.97 Å². The average molecular weight is 385 g/mol. The Kier molecular flexibility index (Phi) is 15.2. The van der Waals surface area contributed by atoms with Gasteiger partial charge in [-0.1, -0.05) is 51.9 Å². The van der Waals surface area contributed by atoms with Crippen molar-refractivity contribution in [2.45, 2.75) is 107 Å². The predicted octanol–water partition coefficient (Wildman–Crippen LogP) is 4.71. The molecule has 6 heteroatoms. The molecule has 0 bridgehead atoms. The SMILES string of the molecule is CCCCCC(O)C(Cl)CC(Cl)C(O)CCCCCCCC(=O)O. The highest BCUT2D eigenvalue weighted by atomic mass is 35.5. The van der Waals surface area contributed by atoms with Gasteiger partial charge in [-0.2, -0.15) is 0 Å². The van der Waals surface area contributed by atoms with Crippen molar-refractivity contribution in [3.8, 4) is 0 Å². The molecule has 4 unspecified atom stereocenters. The first-order chi connectivity index (χ1) is 11.4. The molecule has 0 rings (SSSR count). The van der Waals surface area contributed by atoms with Crippen molar-refractivity contribution in [2.24, 2.45) is 0 Å². The number of aliphatic hydroxyl groups excluding tert-OH is 2. The quantitative estimate of drug-likeness (QED) is 0.266. The summed E-state index contributed by atoms with van der Waals surface area (Å²) < 4.78 is 0. The molecule has 0 aromatic carbocycles. The fourth-order valence-corrected chi connectivity index (χ4v) is 3.38. The number of unbranched alkanes of at least 4 members (excludes halogenated alkanes) is 6. The molecule has 0 aliphatic carbocycles. The van der Waals surface area contributed by atoms with Crippen LogP contribution in [0.5, 0.6) is 0 Å². The molecule has 0 heterocycles. The van der Waals surface area contributed by atoms with Gasteiger partial charge in [0.05, 0.1) is 23.0 Å². The molecule has 144 valence electrons. The summed E-state index contributed by atoms with van der Waals surface area (Å²) in [5.41, 5.74) is 0. The minimum Gasteiger partial charge on any atom is -0.481 e. The van der Waals surface area contributed by atoms with E-state index in [4.69, 9.17) is 28.3 Å². The van der Waals surface area contributed by atoms with Gasteiger partial charge in [0, 0.05) is 6.42 Å². The van der Waals surface area contributed by atoms with Crippen LogP contribution < -0.4 is 0 Å². The van der Waals surface area contributed by atoms with Crippen LogP contribution in [0.1, 0.15) is 84.0 Å². The molecule has 0 aliphatic rings. The van der Waals surface area contributed by atoms with E-state index in [0.29, 0.717) is 25.7 Å². The van der Waals surface area contributed by atoms with Crippen molar-refractivity contribution in [3.63, 3.8) is 0 Å². The summed E-state index contributed by atoms with van der Waals surface area (Å²) in [6.45, 7) is 2.11. The second-order valence-corrected chi connectivity index (χ2v) is 7.72. The summed E-state index contributed by atoms with van der Waals surface area (Å²) in [4.78, 5) is 10.4. The molecular formula is C18H34Cl2O4. The highest BCUT2D eigenvalue weighted by Gasteiger charge is 2.24. The third-order valence-electron chi connectivity index (χ3n) is 4.28. The number of carboxylic acids is 1. The lowest BCUT2D eigenvalue weighted by molar-refractivity contribution is -0.137. The molecule has 0 fully saturated rings. The van der Waals surface area contributed by atoms with E-state index in [1.807, 2.05) is 0 Å². The normalized spacial score (nSPS) is 16.5. The summed E-state index contributed by atoms with van der Waals surface area (Å²) in [6, 6.07) is 0. The van der Waals surface area contributed by atoms with Crippen LogP contribution in [-0.2, 0) is 4.79 Å². The van der Waals surface area contributed by atoms with Crippen LogP contribution in [0.3, 0.4) is 0 Å². The Balaban J connectivity index is 3.74. The Labute approximate surface area is 156 Å². The van der Waals surface area contributed by atoms with Crippen LogP contribution in [-0.4, -0.2) is 44.3 Å². The second kappa shape index (κ2) is 15.2. The van der Waals surface area contributed by atoms with Crippen molar-refractivity contribution < 1.29 is 20.1 Å². The molecular weight excluding hydrogens is 351 g/mol. The zero-order valence-electron chi connectivity index (χ0n) is 14.8. The first kappa shape index (κ1) is 24.0. The molecule has 0 radical (unpaired) electrons. The minimum atomic E-state index is -0.747. The molecule has 0 aromatic rings. The van der Waals surface area contributed by atoms with Crippen LogP contribution in [0.15, 0.2) is 0 Å². The maximum Gasteiger partial charge on any atom is 0.303 e. The zero-order valence-corrected chi connectivity index (χ0v) is 16.3. The molecule has 0 amide bonds. The van der Waals surface area contributed by atoms with E-state index in [9.17, 15) is 15.0 Å². The third kappa shape index (κ3) is 13.3. The van der Waals surface area contributed by atoms with E-state index in [2.05, 4.69) is 6.92 Å². The van der Waals surface area contributed by atoms with E-state index >= 15 is 0 Å². The molecule has 0 aromatic heterocycles. The summed E-state index contributed by atoms with van der Waals surface area (Å²) in [7, 11) is 0. The van der Waals surface area contributed by atoms with Gasteiger partial charge in [0.15, 0.2) is 0 Å². The fourth-order valence-electron chi connectivity index (χ4n) is 2.65. The fraction of sp³-hybridized carbons (Fsp3) is 0.944. The number of aliphatic hydroxyl groups is 2. The maximum absolute atomic E-state index is 10.4. The molecule has 4 atom stereocenters.